The lowest BCUT2D eigenvalue weighted by Gasteiger charge is -2.04. The van der Waals surface area contributed by atoms with Crippen molar-refractivity contribution >= 4 is 27.4 Å². The Morgan fingerprint density at radius 1 is 1.33 bits per heavy atom. The van der Waals surface area contributed by atoms with E-state index in [0.717, 1.165) is 36.1 Å². The highest BCUT2D eigenvalue weighted by Crippen LogP contribution is 2.38. The van der Waals surface area contributed by atoms with Gasteiger partial charge in [-0.3, -0.25) is 0 Å². The molecule has 0 aliphatic heterocycles. The van der Waals surface area contributed by atoms with Gasteiger partial charge in [-0.1, -0.05) is 6.92 Å². The predicted molar refractivity (Wildman–Crippen MR) is 73.8 cm³/mol. The third kappa shape index (κ3) is 1.97. The minimum absolute atomic E-state index is 0.455. The Morgan fingerprint density at radius 3 is 3.06 bits per heavy atom. The van der Waals surface area contributed by atoms with Gasteiger partial charge in [-0.15, -0.1) is 11.3 Å². The molecule has 4 nitrogen and oxygen atoms in total. The van der Waals surface area contributed by atoms with E-state index in [1.807, 2.05) is 0 Å². The number of thiophene rings is 1. The molecule has 2 aromatic rings. The number of hydrogen-bond acceptors (Lipinski definition) is 5. The molecule has 3 rings (SSSR count). The monoisotopic (exact) mass is 263 g/mol. The van der Waals surface area contributed by atoms with E-state index in [0.29, 0.717) is 18.2 Å². The largest absolute Gasteiger partial charge is 0.383 e. The molecule has 1 aliphatic carbocycles. The van der Waals surface area contributed by atoms with Crippen molar-refractivity contribution in [2.75, 3.05) is 12.3 Å². The maximum Gasteiger partial charge on any atom is 0.158 e. The van der Waals surface area contributed by atoms with Crippen molar-refractivity contribution in [3.05, 3.63) is 16.3 Å². The number of aromatic nitrogens is 2. The van der Waals surface area contributed by atoms with Gasteiger partial charge in [-0.2, -0.15) is 0 Å². The van der Waals surface area contributed by atoms with Crippen LogP contribution < -0.4 is 5.73 Å². The third-order valence-electron chi connectivity index (χ3n) is 3.22. The van der Waals surface area contributed by atoms with E-state index in [1.54, 1.807) is 11.3 Å². The number of rotatable bonds is 4. The molecule has 0 unspecified atom stereocenters. The first-order valence-corrected chi connectivity index (χ1v) is 7.25. The van der Waals surface area contributed by atoms with Crippen LogP contribution in [0.3, 0.4) is 0 Å². The molecular weight excluding hydrogens is 246 g/mol. The number of nitrogens with two attached hydrogens (primary N) is 1. The average molecular weight is 263 g/mol. The Labute approximate surface area is 110 Å². The fourth-order valence-corrected chi connectivity index (χ4v) is 3.73. The minimum atomic E-state index is 0.455. The summed E-state index contributed by atoms with van der Waals surface area (Å²) < 4.78 is 5.47. The molecule has 18 heavy (non-hydrogen) atoms. The predicted octanol–water partition coefficient (Wildman–Crippen LogP) is 2.69. The van der Waals surface area contributed by atoms with Crippen molar-refractivity contribution in [3.8, 4) is 0 Å². The van der Waals surface area contributed by atoms with Crippen molar-refractivity contribution in [2.45, 2.75) is 39.2 Å². The van der Waals surface area contributed by atoms with Crippen LogP contribution in [0.5, 0.6) is 0 Å². The van der Waals surface area contributed by atoms with Crippen LogP contribution in [0.4, 0.5) is 5.82 Å². The van der Waals surface area contributed by atoms with E-state index in [1.165, 1.54) is 16.9 Å². The summed E-state index contributed by atoms with van der Waals surface area (Å²) in [5.41, 5.74) is 7.46. The van der Waals surface area contributed by atoms with Crippen LogP contribution >= 0.6 is 11.3 Å². The molecule has 5 heteroatoms. The molecular formula is C13H17N3OS. The van der Waals surface area contributed by atoms with Crippen LogP contribution in [0.2, 0.25) is 0 Å². The van der Waals surface area contributed by atoms with E-state index in [9.17, 15) is 0 Å². The van der Waals surface area contributed by atoms with Crippen LogP contribution in [0.25, 0.3) is 10.2 Å². The molecule has 0 radical (unpaired) electrons. The molecule has 96 valence electrons. The molecule has 0 atom stereocenters. The summed E-state index contributed by atoms with van der Waals surface area (Å²) in [5.74, 6) is 1.32. The van der Waals surface area contributed by atoms with Crippen molar-refractivity contribution in [1.82, 2.24) is 9.97 Å². The van der Waals surface area contributed by atoms with E-state index >= 15 is 0 Å². The summed E-state index contributed by atoms with van der Waals surface area (Å²) in [6.45, 7) is 3.28. The van der Waals surface area contributed by atoms with Crippen LogP contribution in [-0.4, -0.2) is 16.6 Å². The molecule has 0 amide bonds. The zero-order valence-corrected chi connectivity index (χ0v) is 11.3. The van der Waals surface area contributed by atoms with Gasteiger partial charge in [0, 0.05) is 11.5 Å². The summed E-state index contributed by atoms with van der Waals surface area (Å²) in [5, 5.41) is 1.09. The van der Waals surface area contributed by atoms with Gasteiger partial charge >= 0.3 is 0 Å². The van der Waals surface area contributed by atoms with Crippen LogP contribution in [0.15, 0.2) is 0 Å². The molecule has 0 saturated heterocycles. The van der Waals surface area contributed by atoms with Gasteiger partial charge in [-0.25, -0.2) is 9.97 Å². The quantitative estimate of drug-likeness (QED) is 0.861. The number of nitrogen functional groups attached to an aromatic ring is 1. The topological polar surface area (TPSA) is 61.0 Å². The zero-order chi connectivity index (χ0) is 12.5. The lowest BCUT2D eigenvalue weighted by atomic mass is 10.2. The summed E-state index contributed by atoms with van der Waals surface area (Å²) in [7, 11) is 0. The second-order valence-electron chi connectivity index (χ2n) is 4.62. The van der Waals surface area contributed by atoms with Gasteiger partial charge in [0.25, 0.3) is 0 Å². The van der Waals surface area contributed by atoms with Crippen molar-refractivity contribution in [2.24, 2.45) is 0 Å². The highest BCUT2D eigenvalue weighted by Gasteiger charge is 2.21. The Morgan fingerprint density at radius 2 is 2.22 bits per heavy atom. The second-order valence-corrected chi connectivity index (χ2v) is 5.70. The molecule has 2 aromatic heterocycles. The van der Waals surface area contributed by atoms with Crippen molar-refractivity contribution < 1.29 is 4.74 Å². The number of hydrogen-bond donors (Lipinski definition) is 1. The van der Waals surface area contributed by atoms with E-state index < -0.39 is 0 Å². The third-order valence-corrected chi connectivity index (χ3v) is 4.40. The lowest BCUT2D eigenvalue weighted by Crippen LogP contribution is -2.03. The maximum absolute atomic E-state index is 6.08. The first-order chi connectivity index (χ1) is 8.79. The zero-order valence-electron chi connectivity index (χ0n) is 10.5. The molecule has 0 aromatic carbocycles. The van der Waals surface area contributed by atoms with Gasteiger partial charge in [0.05, 0.1) is 5.39 Å². The minimum Gasteiger partial charge on any atom is -0.383 e. The summed E-state index contributed by atoms with van der Waals surface area (Å²) in [6, 6.07) is 0. The van der Waals surface area contributed by atoms with Crippen molar-refractivity contribution in [1.29, 1.82) is 0 Å². The normalized spacial score (nSPS) is 14.3. The molecule has 2 N–H and O–H groups in total. The van der Waals surface area contributed by atoms with E-state index in [2.05, 4.69) is 16.9 Å². The first kappa shape index (κ1) is 11.9. The Bertz CT molecular complexity index is 579. The molecule has 0 saturated carbocycles. The lowest BCUT2D eigenvalue weighted by molar-refractivity contribution is 0.116. The van der Waals surface area contributed by atoms with Gasteiger partial charge < -0.3 is 10.5 Å². The maximum atomic E-state index is 6.08. The summed E-state index contributed by atoms with van der Waals surface area (Å²) in [6.07, 6.45) is 4.52. The summed E-state index contributed by atoms with van der Waals surface area (Å²) in [4.78, 5) is 11.4. The number of ether oxygens (including phenoxy) is 1. The fraction of sp³-hybridized carbons (Fsp3) is 0.538. The van der Waals surface area contributed by atoms with Gasteiger partial charge in [0.15, 0.2) is 5.82 Å². The van der Waals surface area contributed by atoms with Gasteiger partial charge in [0.1, 0.15) is 17.3 Å². The van der Waals surface area contributed by atoms with Gasteiger partial charge in [0.2, 0.25) is 0 Å². The number of aryl methyl sites for hydroxylation is 2. The fourth-order valence-electron chi connectivity index (χ4n) is 2.44. The van der Waals surface area contributed by atoms with E-state index in [-0.39, 0.29) is 0 Å². The number of nitrogens with zero attached hydrogens (tertiary/aromatic N) is 2. The Hall–Kier alpha value is -1.20. The first-order valence-electron chi connectivity index (χ1n) is 6.44. The smallest absolute Gasteiger partial charge is 0.158 e. The second kappa shape index (κ2) is 4.82. The molecule has 0 spiro atoms. The van der Waals surface area contributed by atoms with E-state index in [4.69, 9.17) is 10.5 Å². The Kier molecular flexibility index (Phi) is 3.18. The molecule has 1 aliphatic rings. The summed E-state index contributed by atoms with van der Waals surface area (Å²) >= 11 is 1.77. The molecule has 2 heterocycles. The van der Waals surface area contributed by atoms with Crippen LogP contribution in [0.1, 0.15) is 36.0 Å². The van der Waals surface area contributed by atoms with Crippen LogP contribution in [-0.2, 0) is 24.2 Å². The molecule has 0 fully saturated rings. The number of anilines is 1. The highest BCUT2D eigenvalue weighted by molar-refractivity contribution is 7.19. The highest BCUT2D eigenvalue weighted by atomic mass is 32.1. The number of fused-ring (bicyclic) bond motifs is 3. The standard InChI is InChI=1S/C13H17N3OS/c1-2-6-17-7-10-15-12(14)11-8-4-3-5-9(8)18-13(11)16-10/h2-7H2,1H3,(H2,14,15,16). The average Bonchev–Trinajstić information content (AvgIpc) is 2.88. The SMILES string of the molecule is CCCOCc1nc(N)c2c3c(sc2n1)CCC3. The Balaban J connectivity index is 1.96. The molecule has 0 bridgehead atoms. The van der Waals surface area contributed by atoms with Crippen LogP contribution in [0, 0.1) is 0 Å². The van der Waals surface area contributed by atoms with Crippen molar-refractivity contribution in [3.63, 3.8) is 0 Å². The van der Waals surface area contributed by atoms with Gasteiger partial charge in [-0.05, 0) is 31.2 Å².